The Morgan fingerprint density at radius 1 is 1.61 bits per heavy atom. The number of anilines is 1. The molecule has 7 heteroatoms. The van der Waals surface area contributed by atoms with E-state index in [0.717, 1.165) is 8.66 Å². The van der Waals surface area contributed by atoms with Crippen molar-refractivity contribution >= 4 is 39.3 Å². The number of halogens is 1. The van der Waals surface area contributed by atoms with Crippen LogP contribution in [-0.2, 0) is 11.3 Å². The Bertz CT molecular complexity index is 538. The van der Waals surface area contributed by atoms with E-state index in [1.807, 2.05) is 12.1 Å². The van der Waals surface area contributed by atoms with Crippen LogP contribution in [0, 0.1) is 0 Å². The van der Waals surface area contributed by atoms with Gasteiger partial charge in [0.2, 0.25) is 0 Å². The maximum atomic E-state index is 11.4. The number of ether oxygens (including phenoxy) is 1. The van der Waals surface area contributed by atoms with Crippen molar-refractivity contribution in [1.29, 1.82) is 0 Å². The van der Waals surface area contributed by atoms with Crippen LogP contribution in [0.4, 0.5) is 6.01 Å². The molecule has 2 aromatic heterocycles. The predicted octanol–water partition coefficient (Wildman–Crippen LogP) is 3.29. The average molecular weight is 331 g/mol. The summed E-state index contributed by atoms with van der Waals surface area (Å²) in [5, 5.41) is 3.00. The molecule has 0 aliphatic carbocycles. The van der Waals surface area contributed by atoms with Crippen molar-refractivity contribution in [2.75, 3.05) is 11.9 Å². The smallest absolute Gasteiger partial charge is 0.360 e. The first kappa shape index (κ1) is 13.1. The highest BCUT2D eigenvalue weighted by atomic mass is 79.9. The second kappa shape index (κ2) is 6.01. The minimum atomic E-state index is -0.479. The fraction of sp³-hybridized carbons (Fsp3) is 0.273. The van der Waals surface area contributed by atoms with Gasteiger partial charge in [0.1, 0.15) is 6.26 Å². The monoisotopic (exact) mass is 330 g/mol. The van der Waals surface area contributed by atoms with E-state index in [2.05, 4.69) is 26.2 Å². The van der Waals surface area contributed by atoms with E-state index in [9.17, 15) is 4.79 Å². The van der Waals surface area contributed by atoms with Crippen molar-refractivity contribution in [1.82, 2.24) is 4.98 Å². The number of thiophene rings is 1. The van der Waals surface area contributed by atoms with E-state index >= 15 is 0 Å². The lowest BCUT2D eigenvalue weighted by Gasteiger charge is -1.97. The average Bonchev–Trinajstić information content (AvgIpc) is 2.95. The van der Waals surface area contributed by atoms with Crippen LogP contribution in [0.2, 0.25) is 0 Å². The minimum Gasteiger partial charge on any atom is -0.461 e. The lowest BCUT2D eigenvalue weighted by Crippen LogP contribution is -2.05. The molecule has 1 N–H and O–H groups in total. The number of carbonyl (C=O) groups is 1. The molecule has 0 saturated heterocycles. The molecule has 0 amide bonds. The van der Waals surface area contributed by atoms with Crippen molar-refractivity contribution in [3.8, 4) is 0 Å². The summed E-state index contributed by atoms with van der Waals surface area (Å²) < 4.78 is 11.0. The fourth-order valence-corrected chi connectivity index (χ4v) is 2.69. The summed E-state index contributed by atoms with van der Waals surface area (Å²) in [7, 11) is 0. The molecule has 2 heterocycles. The van der Waals surface area contributed by atoms with Crippen LogP contribution in [0.25, 0.3) is 0 Å². The third-order valence-electron chi connectivity index (χ3n) is 2.03. The van der Waals surface area contributed by atoms with Gasteiger partial charge in [0.25, 0.3) is 6.01 Å². The molecule has 5 nitrogen and oxygen atoms in total. The lowest BCUT2D eigenvalue weighted by atomic mass is 10.5. The van der Waals surface area contributed by atoms with Crippen molar-refractivity contribution in [2.24, 2.45) is 0 Å². The molecule has 0 radical (unpaired) electrons. The molecule has 0 atom stereocenters. The normalized spacial score (nSPS) is 10.3. The van der Waals surface area contributed by atoms with Crippen molar-refractivity contribution in [2.45, 2.75) is 13.5 Å². The Morgan fingerprint density at radius 2 is 2.44 bits per heavy atom. The van der Waals surface area contributed by atoms with Gasteiger partial charge >= 0.3 is 5.97 Å². The Morgan fingerprint density at radius 3 is 3.11 bits per heavy atom. The van der Waals surface area contributed by atoms with E-state index in [-0.39, 0.29) is 5.69 Å². The number of aromatic nitrogens is 1. The van der Waals surface area contributed by atoms with E-state index < -0.39 is 5.97 Å². The second-order valence-corrected chi connectivity index (χ2v) is 5.87. The Labute approximate surface area is 116 Å². The van der Waals surface area contributed by atoms with E-state index in [1.54, 1.807) is 18.3 Å². The molecule has 96 valence electrons. The maximum absolute atomic E-state index is 11.4. The summed E-state index contributed by atoms with van der Waals surface area (Å²) in [5.74, 6) is -0.479. The number of hydrogen-bond donors (Lipinski definition) is 1. The maximum Gasteiger partial charge on any atom is 0.360 e. The molecule has 18 heavy (non-hydrogen) atoms. The number of oxazole rings is 1. The predicted molar refractivity (Wildman–Crippen MR) is 71.8 cm³/mol. The molecule has 0 saturated carbocycles. The van der Waals surface area contributed by atoms with Gasteiger partial charge in [-0.1, -0.05) is 0 Å². The molecule has 0 aliphatic rings. The number of nitrogens with one attached hydrogen (secondary N) is 1. The van der Waals surface area contributed by atoms with Crippen LogP contribution < -0.4 is 5.32 Å². The molecule has 2 rings (SSSR count). The SMILES string of the molecule is CCOC(=O)c1coc(NCc2ccc(Br)s2)n1. The third kappa shape index (κ3) is 3.33. The van der Waals surface area contributed by atoms with Crippen molar-refractivity contribution < 1.29 is 13.9 Å². The largest absolute Gasteiger partial charge is 0.461 e. The van der Waals surface area contributed by atoms with E-state index in [1.165, 1.54) is 6.26 Å². The minimum absolute atomic E-state index is 0.173. The zero-order valence-electron chi connectivity index (χ0n) is 9.60. The van der Waals surface area contributed by atoms with Crippen molar-refractivity contribution in [3.63, 3.8) is 0 Å². The first-order valence-corrected chi connectivity index (χ1v) is 6.90. The van der Waals surface area contributed by atoms with Crippen LogP contribution >= 0.6 is 27.3 Å². The van der Waals surface area contributed by atoms with Crippen molar-refractivity contribution in [3.05, 3.63) is 32.8 Å². The number of hydrogen-bond acceptors (Lipinski definition) is 6. The molecule has 0 aliphatic heterocycles. The Kier molecular flexibility index (Phi) is 4.38. The van der Waals surface area contributed by atoms with Crippen LogP contribution in [-0.4, -0.2) is 17.6 Å². The van der Waals surface area contributed by atoms with Crippen LogP contribution in [0.1, 0.15) is 22.3 Å². The first-order chi connectivity index (χ1) is 8.69. The fourth-order valence-electron chi connectivity index (χ4n) is 1.26. The quantitative estimate of drug-likeness (QED) is 0.852. The van der Waals surface area contributed by atoms with Gasteiger partial charge in [-0.25, -0.2) is 4.79 Å². The van der Waals surface area contributed by atoms with Gasteiger partial charge in [0.05, 0.1) is 16.9 Å². The van der Waals surface area contributed by atoms with Crippen LogP contribution in [0.3, 0.4) is 0 Å². The zero-order valence-corrected chi connectivity index (χ0v) is 12.0. The van der Waals surface area contributed by atoms with Gasteiger partial charge in [-0.3, -0.25) is 0 Å². The lowest BCUT2D eigenvalue weighted by molar-refractivity contribution is 0.0519. The van der Waals surface area contributed by atoms with E-state index in [0.29, 0.717) is 19.2 Å². The van der Waals surface area contributed by atoms with Gasteiger partial charge in [-0.2, -0.15) is 4.98 Å². The van der Waals surface area contributed by atoms with Gasteiger partial charge in [0, 0.05) is 4.88 Å². The summed E-state index contributed by atoms with van der Waals surface area (Å²) in [6, 6.07) is 4.28. The molecule has 0 bridgehead atoms. The number of esters is 1. The number of rotatable bonds is 5. The Hall–Kier alpha value is -1.34. The van der Waals surface area contributed by atoms with Gasteiger partial charge in [0.15, 0.2) is 5.69 Å². The summed E-state index contributed by atoms with van der Waals surface area (Å²) >= 11 is 5.01. The van der Waals surface area contributed by atoms with Crippen LogP contribution in [0.15, 0.2) is 26.6 Å². The zero-order chi connectivity index (χ0) is 13.0. The molecular weight excluding hydrogens is 320 g/mol. The second-order valence-electron chi connectivity index (χ2n) is 3.32. The molecule has 0 aromatic carbocycles. The first-order valence-electron chi connectivity index (χ1n) is 5.29. The Balaban J connectivity index is 1.92. The number of nitrogens with zero attached hydrogens (tertiary/aromatic N) is 1. The molecule has 0 fully saturated rings. The molecular formula is C11H11BrN2O3S. The number of carbonyl (C=O) groups excluding carboxylic acids is 1. The third-order valence-corrected chi connectivity index (χ3v) is 3.66. The summed E-state index contributed by atoms with van der Waals surface area (Å²) in [4.78, 5) is 16.5. The topological polar surface area (TPSA) is 64.4 Å². The van der Waals surface area contributed by atoms with Gasteiger partial charge in [-0.05, 0) is 35.0 Å². The van der Waals surface area contributed by atoms with Gasteiger partial charge in [-0.15, -0.1) is 11.3 Å². The summed E-state index contributed by atoms with van der Waals surface area (Å²) in [6.07, 6.45) is 1.28. The molecule has 0 spiro atoms. The molecule has 0 unspecified atom stereocenters. The summed E-state index contributed by atoms with van der Waals surface area (Å²) in [5.41, 5.74) is 0.173. The highest BCUT2D eigenvalue weighted by molar-refractivity contribution is 9.11. The highest BCUT2D eigenvalue weighted by Crippen LogP contribution is 2.22. The van der Waals surface area contributed by atoms with Crippen LogP contribution in [0.5, 0.6) is 0 Å². The highest BCUT2D eigenvalue weighted by Gasteiger charge is 2.12. The molecule has 2 aromatic rings. The van der Waals surface area contributed by atoms with Gasteiger partial charge < -0.3 is 14.5 Å². The van der Waals surface area contributed by atoms with E-state index in [4.69, 9.17) is 9.15 Å². The summed E-state index contributed by atoms with van der Waals surface area (Å²) in [6.45, 7) is 2.66. The standard InChI is InChI=1S/C11H11BrN2O3S/c1-2-16-10(15)8-6-17-11(14-8)13-5-7-3-4-9(12)18-7/h3-4,6H,2,5H2,1H3,(H,13,14).